The molecule has 0 unspecified atom stereocenters. The second-order valence-electron chi connectivity index (χ2n) is 3.53. The standard InChI is InChI=1S/C12H16O4/c1-9(2)16-12-6-11(15-8-14-3)5-4-10(12)7-13/h4-7,9H,8H2,1-3H3. The maximum Gasteiger partial charge on any atom is 0.188 e. The van der Waals surface area contributed by atoms with Crippen molar-refractivity contribution in [1.29, 1.82) is 0 Å². The molecule has 0 aliphatic rings. The van der Waals surface area contributed by atoms with Gasteiger partial charge in [0.15, 0.2) is 13.1 Å². The van der Waals surface area contributed by atoms with Crippen LogP contribution in [-0.4, -0.2) is 26.3 Å². The number of aldehydes is 1. The predicted octanol–water partition coefficient (Wildman–Crippen LogP) is 2.27. The van der Waals surface area contributed by atoms with Gasteiger partial charge in [-0.3, -0.25) is 4.79 Å². The van der Waals surface area contributed by atoms with Crippen molar-refractivity contribution >= 4 is 6.29 Å². The van der Waals surface area contributed by atoms with Gasteiger partial charge in [-0.05, 0) is 26.0 Å². The number of hydrogen-bond donors (Lipinski definition) is 0. The Kier molecular flexibility index (Phi) is 4.79. The van der Waals surface area contributed by atoms with Crippen molar-refractivity contribution in [3.8, 4) is 11.5 Å². The molecule has 1 aromatic rings. The van der Waals surface area contributed by atoms with E-state index in [2.05, 4.69) is 0 Å². The molecule has 0 radical (unpaired) electrons. The first-order valence-electron chi connectivity index (χ1n) is 5.05. The summed E-state index contributed by atoms with van der Waals surface area (Å²) >= 11 is 0. The van der Waals surface area contributed by atoms with Crippen molar-refractivity contribution in [2.75, 3.05) is 13.9 Å². The molecular weight excluding hydrogens is 208 g/mol. The van der Waals surface area contributed by atoms with E-state index in [1.54, 1.807) is 25.3 Å². The minimum Gasteiger partial charge on any atom is -0.490 e. The highest BCUT2D eigenvalue weighted by atomic mass is 16.7. The van der Waals surface area contributed by atoms with Crippen LogP contribution in [0.4, 0.5) is 0 Å². The molecule has 1 aromatic carbocycles. The molecule has 0 aliphatic carbocycles. The third-order valence-corrected chi connectivity index (χ3v) is 1.82. The summed E-state index contributed by atoms with van der Waals surface area (Å²) in [6.45, 7) is 3.97. The quantitative estimate of drug-likeness (QED) is 0.549. The van der Waals surface area contributed by atoms with E-state index in [0.717, 1.165) is 6.29 Å². The number of methoxy groups -OCH3 is 1. The summed E-state index contributed by atoms with van der Waals surface area (Å²) < 4.78 is 15.6. The molecule has 0 bridgehead atoms. The van der Waals surface area contributed by atoms with E-state index in [1.807, 2.05) is 13.8 Å². The molecule has 0 spiro atoms. The molecule has 1 rings (SSSR count). The zero-order chi connectivity index (χ0) is 12.0. The van der Waals surface area contributed by atoms with Crippen LogP contribution in [-0.2, 0) is 4.74 Å². The van der Waals surface area contributed by atoms with Gasteiger partial charge in [0.05, 0.1) is 11.7 Å². The first kappa shape index (κ1) is 12.5. The Bertz CT molecular complexity index is 347. The molecule has 4 heteroatoms. The lowest BCUT2D eigenvalue weighted by Gasteiger charge is -2.13. The first-order valence-corrected chi connectivity index (χ1v) is 5.05. The molecule has 0 fully saturated rings. The van der Waals surface area contributed by atoms with Gasteiger partial charge in [-0.15, -0.1) is 0 Å². The molecule has 0 N–H and O–H groups in total. The van der Waals surface area contributed by atoms with Crippen LogP contribution in [0.5, 0.6) is 11.5 Å². The van der Waals surface area contributed by atoms with E-state index in [1.165, 1.54) is 0 Å². The molecule has 0 amide bonds. The third-order valence-electron chi connectivity index (χ3n) is 1.82. The first-order chi connectivity index (χ1) is 7.67. The highest BCUT2D eigenvalue weighted by Gasteiger charge is 2.07. The molecule has 88 valence electrons. The Morgan fingerprint density at radius 1 is 1.38 bits per heavy atom. The van der Waals surface area contributed by atoms with Gasteiger partial charge in [0.1, 0.15) is 11.5 Å². The van der Waals surface area contributed by atoms with Crippen LogP contribution in [0.3, 0.4) is 0 Å². The third kappa shape index (κ3) is 3.55. The minimum atomic E-state index is 0.0105. The smallest absolute Gasteiger partial charge is 0.188 e. The van der Waals surface area contributed by atoms with Gasteiger partial charge >= 0.3 is 0 Å². The van der Waals surface area contributed by atoms with E-state index >= 15 is 0 Å². The average Bonchev–Trinajstić information content (AvgIpc) is 2.26. The lowest BCUT2D eigenvalue weighted by atomic mass is 10.2. The van der Waals surface area contributed by atoms with Crippen LogP contribution in [0.15, 0.2) is 18.2 Å². The fraction of sp³-hybridized carbons (Fsp3) is 0.417. The summed E-state index contributed by atoms with van der Waals surface area (Å²) in [6, 6.07) is 5.05. The molecule has 0 saturated carbocycles. The monoisotopic (exact) mass is 224 g/mol. The van der Waals surface area contributed by atoms with Crippen molar-refractivity contribution < 1.29 is 19.0 Å². The fourth-order valence-electron chi connectivity index (χ4n) is 1.18. The van der Waals surface area contributed by atoms with Crippen molar-refractivity contribution in [2.45, 2.75) is 20.0 Å². The second-order valence-corrected chi connectivity index (χ2v) is 3.53. The average molecular weight is 224 g/mol. The van der Waals surface area contributed by atoms with E-state index in [-0.39, 0.29) is 12.9 Å². The van der Waals surface area contributed by atoms with Gasteiger partial charge in [-0.2, -0.15) is 0 Å². The highest BCUT2D eigenvalue weighted by Crippen LogP contribution is 2.24. The van der Waals surface area contributed by atoms with Gasteiger partial charge in [0, 0.05) is 13.2 Å². The lowest BCUT2D eigenvalue weighted by Crippen LogP contribution is -2.08. The van der Waals surface area contributed by atoms with Crippen LogP contribution in [0.2, 0.25) is 0 Å². The minimum absolute atomic E-state index is 0.0105. The Hall–Kier alpha value is -1.55. The number of carbonyl (C=O) groups excluding carboxylic acids is 1. The molecule has 0 aromatic heterocycles. The topological polar surface area (TPSA) is 44.8 Å². The summed E-state index contributed by atoms with van der Waals surface area (Å²) in [7, 11) is 1.55. The Labute approximate surface area is 95.1 Å². The van der Waals surface area contributed by atoms with Crippen molar-refractivity contribution in [2.24, 2.45) is 0 Å². The summed E-state index contributed by atoms with van der Waals surface area (Å²) in [6.07, 6.45) is 0.772. The summed E-state index contributed by atoms with van der Waals surface area (Å²) in [4.78, 5) is 10.8. The van der Waals surface area contributed by atoms with E-state index in [9.17, 15) is 4.79 Å². The molecular formula is C12H16O4. The fourth-order valence-corrected chi connectivity index (χ4v) is 1.18. The normalized spacial score (nSPS) is 10.2. The Morgan fingerprint density at radius 3 is 2.69 bits per heavy atom. The summed E-state index contributed by atoms with van der Waals surface area (Å²) in [5, 5.41) is 0. The largest absolute Gasteiger partial charge is 0.490 e. The van der Waals surface area contributed by atoms with Gasteiger partial charge in [0.25, 0.3) is 0 Å². The van der Waals surface area contributed by atoms with Crippen molar-refractivity contribution in [1.82, 2.24) is 0 Å². The van der Waals surface area contributed by atoms with Crippen molar-refractivity contribution in [3.63, 3.8) is 0 Å². The Morgan fingerprint density at radius 2 is 2.12 bits per heavy atom. The van der Waals surface area contributed by atoms with E-state index < -0.39 is 0 Å². The number of ether oxygens (including phenoxy) is 3. The number of hydrogen-bond acceptors (Lipinski definition) is 4. The van der Waals surface area contributed by atoms with Gasteiger partial charge in [-0.1, -0.05) is 0 Å². The van der Waals surface area contributed by atoms with Crippen LogP contribution in [0.1, 0.15) is 24.2 Å². The van der Waals surface area contributed by atoms with Crippen molar-refractivity contribution in [3.05, 3.63) is 23.8 Å². The van der Waals surface area contributed by atoms with Gasteiger partial charge in [0.2, 0.25) is 0 Å². The zero-order valence-corrected chi connectivity index (χ0v) is 9.73. The highest BCUT2D eigenvalue weighted by molar-refractivity contribution is 5.79. The number of rotatable bonds is 6. The predicted molar refractivity (Wildman–Crippen MR) is 60.1 cm³/mol. The number of benzene rings is 1. The molecule has 0 aliphatic heterocycles. The molecule has 0 atom stereocenters. The van der Waals surface area contributed by atoms with Gasteiger partial charge in [-0.25, -0.2) is 0 Å². The maximum absolute atomic E-state index is 10.8. The molecule has 0 heterocycles. The van der Waals surface area contributed by atoms with E-state index in [4.69, 9.17) is 14.2 Å². The SMILES string of the molecule is COCOc1ccc(C=O)c(OC(C)C)c1. The second kappa shape index (κ2) is 6.12. The maximum atomic E-state index is 10.8. The van der Waals surface area contributed by atoms with Crippen LogP contribution >= 0.6 is 0 Å². The van der Waals surface area contributed by atoms with Crippen LogP contribution in [0, 0.1) is 0 Å². The van der Waals surface area contributed by atoms with Crippen LogP contribution in [0.25, 0.3) is 0 Å². The van der Waals surface area contributed by atoms with Gasteiger partial charge < -0.3 is 14.2 Å². The molecule has 16 heavy (non-hydrogen) atoms. The molecule has 0 saturated heterocycles. The van der Waals surface area contributed by atoms with Crippen LogP contribution < -0.4 is 9.47 Å². The Balaban J connectivity index is 2.87. The lowest BCUT2D eigenvalue weighted by molar-refractivity contribution is 0.0508. The zero-order valence-electron chi connectivity index (χ0n) is 9.73. The van der Waals surface area contributed by atoms with E-state index in [0.29, 0.717) is 17.1 Å². The number of carbonyl (C=O) groups is 1. The molecule has 4 nitrogen and oxygen atoms in total. The summed E-state index contributed by atoms with van der Waals surface area (Å²) in [5.41, 5.74) is 0.512. The summed E-state index contributed by atoms with van der Waals surface area (Å²) in [5.74, 6) is 1.14.